The molecule has 3 unspecified atom stereocenters. The van der Waals surface area contributed by atoms with Gasteiger partial charge in [0.2, 0.25) is 5.91 Å². The van der Waals surface area contributed by atoms with Crippen LogP contribution in [0.3, 0.4) is 0 Å². The Kier molecular flexibility index (Phi) is 4.06. The van der Waals surface area contributed by atoms with Crippen molar-refractivity contribution in [3.05, 3.63) is 59.9 Å². The summed E-state index contributed by atoms with van der Waals surface area (Å²) in [6, 6.07) is 12.5. The average molecular weight is 298 g/mol. The zero-order chi connectivity index (χ0) is 15.5. The summed E-state index contributed by atoms with van der Waals surface area (Å²) in [5.41, 5.74) is 1.46. The fourth-order valence-electron chi connectivity index (χ4n) is 2.76. The molecule has 2 aromatic rings. The summed E-state index contributed by atoms with van der Waals surface area (Å²) in [5, 5.41) is 13.4. The number of para-hydroxylation sites is 1. The van der Waals surface area contributed by atoms with Crippen molar-refractivity contribution in [3.8, 4) is 5.75 Å². The maximum Gasteiger partial charge on any atom is 0.217 e. The Hall–Kier alpha value is -2.40. The van der Waals surface area contributed by atoms with Crippen LogP contribution in [0, 0.1) is 0 Å². The van der Waals surface area contributed by atoms with Crippen molar-refractivity contribution in [3.63, 3.8) is 0 Å². The third-order valence-corrected chi connectivity index (χ3v) is 3.76. The van der Waals surface area contributed by atoms with E-state index < -0.39 is 12.1 Å². The van der Waals surface area contributed by atoms with Gasteiger partial charge in [-0.05, 0) is 18.2 Å². The molecule has 1 aromatic heterocycles. The largest absolute Gasteiger partial charge is 0.484 e. The number of nitrogens with zero attached hydrogens (tertiary/aromatic N) is 1. The molecule has 2 heterocycles. The van der Waals surface area contributed by atoms with Gasteiger partial charge in [0.25, 0.3) is 0 Å². The Bertz CT molecular complexity index is 660. The number of fused-ring (bicyclic) bond motifs is 1. The van der Waals surface area contributed by atoms with E-state index in [0.29, 0.717) is 17.7 Å². The van der Waals surface area contributed by atoms with Gasteiger partial charge in [0.15, 0.2) is 0 Å². The van der Waals surface area contributed by atoms with E-state index in [9.17, 15) is 9.90 Å². The lowest BCUT2D eigenvalue weighted by Gasteiger charge is -2.23. The van der Waals surface area contributed by atoms with Crippen LogP contribution in [0.25, 0.3) is 0 Å². The summed E-state index contributed by atoms with van der Waals surface area (Å²) in [7, 11) is 0. The monoisotopic (exact) mass is 298 g/mol. The number of rotatable bonds is 2. The van der Waals surface area contributed by atoms with Crippen LogP contribution in [0.5, 0.6) is 5.75 Å². The number of amides is 1. The number of carbonyl (C=O) groups is 1. The van der Waals surface area contributed by atoms with Crippen molar-refractivity contribution < 1.29 is 14.6 Å². The third kappa shape index (κ3) is 2.94. The molecule has 1 aliphatic rings. The maximum absolute atomic E-state index is 11.4. The second kappa shape index (κ2) is 6.15. The zero-order valence-corrected chi connectivity index (χ0v) is 12.3. The number of nitrogens with one attached hydrogen (secondary N) is 1. The fraction of sp³-hybridized carbons (Fsp3) is 0.294. The van der Waals surface area contributed by atoms with Gasteiger partial charge < -0.3 is 15.2 Å². The van der Waals surface area contributed by atoms with Gasteiger partial charge in [0.1, 0.15) is 18.0 Å². The molecule has 22 heavy (non-hydrogen) atoms. The number of aliphatic hydroxyl groups is 1. The second-order valence-electron chi connectivity index (χ2n) is 5.39. The minimum Gasteiger partial charge on any atom is -0.484 e. The molecule has 2 N–H and O–H groups in total. The molecule has 1 amide bonds. The van der Waals surface area contributed by atoms with E-state index in [-0.39, 0.29) is 12.0 Å². The molecule has 1 aliphatic heterocycles. The molecule has 114 valence electrons. The molecular formula is C17H18N2O3. The number of ether oxygens (including phenoxy) is 1. The smallest absolute Gasteiger partial charge is 0.217 e. The molecule has 0 radical (unpaired) electrons. The lowest BCUT2D eigenvalue weighted by Crippen LogP contribution is -2.38. The summed E-state index contributed by atoms with van der Waals surface area (Å²) < 4.78 is 6.05. The molecule has 3 rings (SSSR count). The summed E-state index contributed by atoms with van der Waals surface area (Å²) in [6.45, 7) is 1.44. The number of hydrogen-bond donors (Lipinski definition) is 2. The van der Waals surface area contributed by atoms with Gasteiger partial charge in [-0.3, -0.25) is 9.78 Å². The van der Waals surface area contributed by atoms with Crippen LogP contribution in [-0.2, 0) is 4.79 Å². The molecule has 3 atom stereocenters. The quantitative estimate of drug-likeness (QED) is 0.891. The normalized spacial score (nSPS) is 23.8. The average Bonchev–Trinajstić information content (AvgIpc) is 2.66. The van der Waals surface area contributed by atoms with Gasteiger partial charge in [-0.1, -0.05) is 24.3 Å². The summed E-state index contributed by atoms with van der Waals surface area (Å²) in [5.74, 6) is 0.446. The summed E-state index contributed by atoms with van der Waals surface area (Å²) in [4.78, 5) is 15.8. The van der Waals surface area contributed by atoms with Crippen LogP contribution in [0.2, 0.25) is 0 Å². The molecule has 0 aliphatic carbocycles. The first-order valence-electron chi connectivity index (χ1n) is 7.27. The highest BCUT2D eigenvalue weighted by atomic mass is 16.5. The van der Waals surface area contributed by atoms with E-state index in [2.05, 4.69) is 10.3 Å². The van der Waals surface area contributed by atoms with E-state index in [4.69, 9.17) is 4.74 Å². The first-order valence-corrected chi connectivity index (χ1v) is 7.27. The van der Waals surface area contributed by atoms with Gasteiger partial charge in [-0.2, -0.15) is 0 Å². The standard InChI is InChI=1S/C17H18N2O3/c1-11(20)19-14-10-16(13-7-4-5-9-18-13)22-15-8-3-2-6-12(15)17(14)21/h2-9,14,16-17,21H,10H2,1H3,(H,19,20). The maximum atomic E-state index is 11.4. The van der Waals surface area contributed by atoms with E-state index >= 15 is 0 Å². The Morgan fingerprint density at radius 2 is 2.05 bits per heavy atom. The van der Waals surface area contributed by atoms with Gasteiger partial charge in [-0.25, -0.2) is 0 Å². The van der Waals surface area contributed by atoms with Crippen molar-refractivity contribution in [2.45, 2.75) is 31.6 Å². The highest BCUT2D eigenvalue weighted by Gasteiger charge is 2.33. The van der Waals surface area contributed by atoms with Gasteiger partial charge >= 0.3 is 0 Å². The van der Waals surface area contributed by atoms with E-state index in [1.165, 1.54) is 6.92 Å². The van der Waals surface area contributed by atoms with Crippen LogP contribution >= 0.6 is 0 Å². The van der Waals surface area contributed by atoms with Crippen LogP contribution in [0.1, 0.15) is 36.8 Å². The molecule has 0 fully saturated rings. The molecule has 0 saturated carbocycles. The second-order valence-corrected chi connectivity index (χ2v) is 5.39. The minimum atomic E-state index is -0.811. The topological polar surface area (TPSA) is 71.5 Å². The van der Waals surface area contributed by atoms with Crippen molar-refractivity contribution >= 4 is 5.91 Å². The highest BCUT2D eigenvalue weighted by Crippen LogP contribution is 2.38. The van der Waals surface area contributed by atoms with Crippen LogP contribution in [-0.4, -0.2) is 22.0 Å². The lowest BCUT2D eigenvalue weighted by atomic mass is 9.97. The van der Waals surface area contributed by atoms with E-state index in [0.717, 1.165) is 5.69 Å². The van der Waals surface area contributed by atoms with Crippen LogP contribution < -0.4 is 10.1 Å². The molecule has 5 heteroatoms. The van der Waals surface area contributed by atoms with Crippen molar-refractivity contribution in [2.75, 3.05) is 0 Å². The molecule has 0 saturated heterocycles. The molecule has 5 nitrogen and oxygen atoms in total. The first-order chi connectivity index (χ1) is 10.6. The molecule has 0 spiro atoms. The zero-order valence-electron chi connectivity index (χ0n) is 12.3. The van der Waals surface area contributed by atoms with Crippen molar-refractivity contribution in [1.29, 1.82) is 0 Å². The highest BCUT2D eigenvalue weighted by molar-refractivity contribution is 5.73. The molecule has 0 bridgehead atoms. The number of benzene rings is 1. The van der Waals surface area contributed by atoms with Crippen molar-refractivity contribution in [1.82, 2.24) is 10.3 Å². The summed E-state index contributed by atoms with van der Waals surface area (Å²) in [6.07, 6.45) is 1.02. The third-order valence-electron chi connectivity index (χ3n) is 3.76. The van der Waals surface area contributed by atoms with Crippen LogP contribution in [0.15, 0.2) is 48.7 Å². The predicted octanol–water partition coefficient (Wildman–Crippen LogP) is 2.14. The van der Waals surface area contributed by atoms with Gasteiger partial charge in [-0.15, -0.1) is 0 Å². The predicted molar refractivity (Wildman–Crippen MR) is 81.2 cm³/mol. The SMILES string of the molecule is CC(=O)NC1CC(c2ccccn2)Oc2ccccc2C1O. The van der Waals surface area contributed by atoms with E-state index in [1.807, 2.05) is 42.5 Å². The van der Waals surface area contributed by atoms with Crippen molar-refractivity contribution in [2.24, 2.45) is 0 Å². The Balaban J connectivity index is 1.99. The Labute approximate surface area is 129 Å². The van der Waals surface area contributed by atoms with Gasteiger partial charge in [0.05, 0.1) is 11.7 Å². The minimum absolute atomic E-state index is 0.178. The number of pyridine rings is 1. The van der Waals surface area contributed by atoms with E-state index in [1.54, 1.807) is 6.20 Å². The van der Waals surface area contributed by atoms with Gasteiger partial charge in [0, 0.05) is 25.1 Å². The Morgan fingerprint density at radius 3 is 2.77 bits per heavy atom. The van der Waals surface area contributed by atoms with Crippen LogP contribution in [0.4, 0.5) is 0 Å². The fourth-order valence-corrected chi connectivity index (χ4v) is 2.76. The summed E-state index contributed by atoms with van der Waals surface area (Å²) >= 11 is 0. The lowest BCUT2D eigenvalue weighted by molar-refractivity contribution is -0.120. The first kappa shape index (κ1) is 14.5. The molecule has 1 aromatic carbocycles. The number of aromatic nitrogens is 1. The number of hydrogen-bond acceptors (Lipinski definition) is 4. The molecular weight excluding hydrogens is 280 g/mol. The number of carbonyl (C=O) groups excluding carboxylic acids is 1. The number of aliphatic hydroxyl groups excluding tert-OH is 1. The Morgan fingerprint density at radius 1 is 1.27 bits per heavy atom.